The number of hydrogen-bond donors (Lipinski definition) is 0. The van der Waals surface area contributed by atoms with Crippen molar-refractivity contribution in [1.29, 1.82) is 0 Å². The molecule has 9 heteroatoms. The number of thioether (sulfide) groups is 1. The minimum absolute atomic E-state index is 0.152. The number of fused-ring (bicyclic) bond motifs is 1. The van der Waals surface area contributed by atoms with E-state index in [0.717, 1.165) is 21.6 Å². The van der Waals surface area contributed by atoms with Crippen molar-refractivity contribution >= 4 is 44.6 Å². The van der Waals surface area contributed by atoms with Crippen LogP contribution in [0.4, 0.5) is 8.78 Å². The van der Waals surface area contributed by atoms with Crippen LogP contribution in [0.1, 0.15) is 25.8 Å². The van der Waals surface area contributed by atoms with E-state index in [-0.39, 0.29) is 18.8 Å². The Bertz CT molecular complexity index is 692. The molecule has 0 spiro atoms. The third-order valence-electron chi connectivity index (χ3n) is 4.20. The first-order valence-electron chi connectivity index (χ1n) is 8.30. The number of ether oxygens (including phenoxy) is 1. The summed E-state index contributed by atoms with van der Waals surface area (Å²) in [7, 11) is -0.288. The summed E-state index contributed by atoms with van der Waals surface area (Å²) in [6.07, 6.45) is 0.859. The molecule has 0 fully saturated rings. The van der Waals surface area contributed by atoms with E-state index in [1.807, 2.05) is 19.1 Å². The average molecular weight is 470 g/mol. The van der Waals surface area contributed by atoms with E-state index >= 15 is 8.78 Å². The van der Waals surface area contributed by atoms with E-state index in [9.17, 15) is 9.00 Å². The van der Waals surface area contributed by atoms with Crippen LogP contribution in [0.3, 0.4) is 0 Å². The first-order chi connectivity index (χ1) is 12.2. The topological polar surface area (TPSA) is 46.6 Å². The van der Waals surface area contributed by atoms with Gasteiger partial charge >= 0.3 is 11.9 Å². The zero-order valence-corrected chi connectivity index (χ0v) is 18.1. The van der Waals surface area contributed by atoms with Crippen LogP contribution in [0.15, 0.2) is 29.2 Å². The molecule has 0 saturated heterocycles. The number of carbonyl (C=O) groups is 1. The fourth-order valence-electron chi connectivity index (χ4n) is 2.89. The summed E-state index contributed by atoms with van der Waals surface area (Å²) in [6, 6.07) is 7.21. The minimum atomic E-state index is -3.87. The number of hydrogen-bond acceptors (Lipinski definition) is 4. The molecule has 0 radical (unpaired) electrons. The number of rotatable bonds is 7. The Kier molecular flexibility index (Phi) is 7.26. The third kappa shape index (κ3) is 3.72. The quantitative estimate of drug-likeness (QED) is 0.447. The maximum absolute atomic E-state index is 15.4. The minimum Gasteiger partial charge on any atom is -0.461 e. The van der Waals surface area contributed by atoms with Crippen molar-refractivity contribution < 1.29 is 22.5 Å². The molecular formula is C17H22BrF2NO3S2. The van der Waals surface area contributed by atoms with Crippen LogP contribution in [0.2, 0.25) is 0 Å². The molecule has 0 amide bonds. The largest absolute Gasteiger partial charge is 0.461 e. The van der Waals surface area contributed by atoms with Gasteiger partial charge in [0.05, 0.1) is 22.4 Å². The van der Waals surface area contributed by atoms with Crippen molar-refractivity contribution in [2.24, 2.45) is 0 Å². The Morgan fingerprint density at radius 2 is 2.12 bits per heavy atom. The predicted octanol–water partition coefficient (Wildman–Crippen LogP) is 4.00. The lowest BCUT2D eigenvalue weighted by Gasteiger charge is -2.49. The molecule has 0 bridgehead atoms. The van der Waals surface area contributed by atoms with Gasteiger partial charge < -0.3 is 4.74 Å². The van der Waals surface area contributed by atoms with Gasteiger partial charge in [0.1, 0.15) is 0 Å². The second-order valence-corrected chi connectivity index (χ2v) is 9.87. The van der Waals surface area contributed by atoms with Gasteiger partial charge in [-0.25, -0.2) is 13.3 Å². The van der Waals surface area contributed by atoms with Crippen LogP contribution in [-0.2, 0) is 26.9 Å². The Labute approximate surface area is 167 Å². The van der Waals surface area contributed by atoms with Crippen molar-refractivity contribution in [1.82, 2.24) is 4.31 Å². The molecule has 2 rings (SSSR count). The standard InChI is InChI=1S/C17H22BrF2NO3S2/c1-4-10-26(23)21(3)17(16(19,20)15(22)24-5-2)14(18)11-12-8-6-7-9-13(12)25-17/h6-9,14H,4-5,10-11H2,1-3H3/t14?,17-,26+/m0/s1. The van der Waals surface area contributed by atoms with E-state index in [2.05, 4.69) is 20.7 Å². The van der Waals surface area contributed by atoms with E-state index in [0.29, 0.717) is 11.3 Å². The van der Waals surface area contributed by atoms with E-state index in [1.54, 1.807) is 12.1 Å². The normalized spacial score (nSPS) is 24.2. The molecule has 1 heterocycles. The second-order valence-electron chi connectivity index (χ2n) is 5.90. The van der Waals surface area contributed by atoms with Gasteiger partial charge in [-0.3, -0.25) is 0 Å². The van der Waals surface area contributed by atoms with Crippen LogP contribution < -0.4 is 0 Å². The van der Waals surface area contributed by atoms with Gasteiger partial charge in [-0.15, -0.1) is 0 Å². The summed E-state index contributed by atoms with van der Waals surface area (Å²) < 4.78 is 49.3. The molecule has 4 nitrogen and oxygen atoms in total. The van der Waals surface area contributed by atoms with Gasteiger partial charge in [-0.05, 0) is 31.4 Å². The number of esters is 1. The Hall–Kier alpha value is -0.510. The number of benzene rings is 1. The third-order valence-corrected chi connectivity index (χ3v) is 9.00. The molecule has 1 aromatic carbocycles. The molecule has 1 unspecified atom stereocenters. The fraction of sp³-hybridized carbons (Fsp3) is 0.588. The van der Waals surface area contributed by atoms with Crippen molar-refractivity contribution in [3.8, 4) is 0 Å². The molecular weight excluding hydrogens is 448 g/mol. The maximum Gasteiger partial charge on any atom is 0.380 e. The molecule has 0 N–H and O–H groups in total. The number of alkyl halides is 3. The van der Waals surface area contributed by atoms with Crippen LogP contribution in [0, 0.1) is 0 Å². The first kappa shape index (κ1) is 21.8. The molecule has 146 valence electrons. The van der Waals surface area contributed by atoms with E-state index < -0.39 is 32.6 Å². The fourth-order valence-corrected chi connectivity index (χ4v) is 7.09. The highest BCUT2D eigenvalue weighted by atomic mass is 79.9. The molecule has 0 aromatic heterocycles. The Morgan fingerprint density at radius 1 is 1.46 bits per heavy atom. The summed E-state index contributed by atoms with van der Waals surface area (Å²) in [4.78, 5) is 9.96. The summed E-state index contributed by atoms with van der Waals surface area (Å²) in [5.41, 5.74) is 0.907. The molecule has 1 aliphatic heterocycles. The van der Waals surface area contributed by atoms with Gasteiger partial charge in [-0.2, -0.15) is 8.78 Å². The number of carbonyl (C=O) groups excluding carboxylic acids is 1. The summed E-state index contributed by atoms with van der Waals surface area (Å²) in [5.74, 6) is -5.23. The first-order valence-corrected chi connectivity index (χ1v) is 11.3. The van der Waals surface area contributed by atoms with E-state index in [4.69, 9.17) is 0 Å². The van der Waals surface area contributed by atoms with Crippen molar-refractivity contribution in [3.05, 3.63) is 29.8 Å². The van der Waals surface area contributed by atoms with Crippen LogP contribution >= 0.6 is 27.7 Å². The summed E-state index contributed by atoms with van der Waals surface area (Å²) in [6.45, 7) is 3.16. The molecule has 0 aliphatic carbocycles. The lowest BCUT2D eigenvalue weighted by molar-refractivity contribution is -0.181. The zero-order valence-electron chi connectivity index (χ0n) is 14.8. The highest BCUT2D eigenvalue weighted by Gasteiger charge is 2.68. The van der Waals surface area contributed by atoms with Gasteiger partial charge in [-0.1, -0.05) is 52.8 Å². The van der Waals surface area contributed by atoms with Crippen molar-refractivity contribution in [3.63, 3.8) is 0 Å². The average Bonchev–Trinajstić information content (AvgIpc) is 2.60. The molecule has 3 atom stereocenters. The molecule has 1 aliphatic rings. The molecule has 26 heavy (non-hydrogen) atoms. The Morgan fingerprint density at radius 3 is 2.73 bits per heavy atom. The van der Waals surface area contributed by atoms with Crippen molar-refractivity contribution in [2.45, 2.75) is 47.2 Å². The van der Waals surface area contributed by atoms with Gasteiger partial charge in [0.2, 0.25) is 0 Å². The van der Waals surface area contributed by atoms with E-state index in [1.165, 1.54) is 14.0 Å². The predicted molar refractivity (Wildman–Crippen MR) is 104 cm³/mol. The number of halogens is 3. The van der Waals surface area contributed by atoms with Crippen LogP contribution in [0.5, 0.6) is 0 Å². The second kappa shape index (κ2) is 8.67. The highest BCUT2D eigenvalue weighted by molar-refractivity contribution is 9.09. The highest BCUT2D eigenvalue weighted by Crippen LogP contribution is 2.56. The van der Waals surface area contributed by atoms with Crippen LogP contribution in [0.25, 0.3) is 0 Å². The van der Waals surface area contributed by atoms with Gasteiger partial charge in [0.25, 0.3) is 0 Å². The maximum atomic E-state index is 15.4. The zero-order chi connectivity index (χ0) is 19.5. The smallest absolute Gasteiger partial charge is 0.380 e. The number of nitrogens with zero attached hydrogens (tertiary/aromatic N) is 1. The molecule has 0 saturated carbocycles. The summed E-state index contributed by atoms with van der Waals surface area (Å²) in [5, 5.41) is 0. The SMILES string of the molecule is CCC[S@@](=O)N(C)[C@]1(C(F)(F)C(=O)OCC)Sc2ccccc2CC1Br. The van der Waals surface area contributed by atoms with Crippen molar-refractivity contribution in [2.75, 3.05) is 19.4 Å². The van der Waals surface area contributed by atoms with Gasteiger partial charge in [0.15, 0.2) is 4.87 Å². The molecule has 1 aromatic rings. The Balaban J connectivity index is 2.59. The van der Waals surface area contributed by atoms with Crippen LogP contribution in [-0.4, -0.2) is 49.5 Å². The van der Waals surface area contributed by atoms with Gasteiger partial charge in [0, 0.05) is 17.7 Å². The lowest BCUT2D eigenvalue weighted by Crippen LogP contribution is -2.67. The monoisotopic (exact) mass is 469 g/mol. The lowest BCUT2D eigenvalue weighted by atomic mass is 9.98. The summed E-state index contributed by atoms with van der Waals surface area (Å²) >= 11 is 4.24.